The molecule has 0 spiro atoms. The van der Waals surface area contributed by atoms with Gasteiger partial charge in [0.05, 0.1) is 6.10 Å². The average molecular weight is 309 g/mol. The van der Waals surface area contributed by atoms with Crippen LogP contribution in [-0.2, 0) is 0 Å². The normalized spacial score (nSPS) is 15.0. The highest BCUT2D eigenvalue weighted by Gasteiger charge is 2.23. The number of rotatable bonds is 9. The molecule has 0 radical (unpaired) electrons. The van der Waals surface area contributed by atoms with Crippen molar-refractivity contribution in [1.82, 2.24) is 0 Å². The molecular weight excluding hydrogens is 280 g/mol. The van der Waals surface area contributed by atoms with E-state index in [9.17, 15) is 5.11 Å². The SMILES string of the molecule is CCCC/C(=C/Cl)[C@@H](CCCC)[C@H](O)c1ccc(C)cc1. The third-order valence-electron chi connectivity index (χ3n) is 4.10. The molecule has 1 rings (SSSR count). The fourth-order valence-corrected chi connectivity index (χ4v) is 2.94. The van der Waals surface area contributed by atoms with Gasteiger partial charge in [0, 0.05) is 11.5 Å². The Balaban J connectivity index is 2.91. The molecule has 0 saturated carbocycles. The molecule has 0 unspecified atom stereocenters. The molecule has 1 N–H and O–H groups in total. The molecule has 118 valence electrons. The molecule has 0 aliphatic rings. The number of aryl methyl sites for hydroxylation is 1. The molecule has 1 aromatic carbocycles. The Morgan fingerprint density at radius 1 is 1.14 bits per heavy atom. The molecule has 0 amide bonds. The van der Waals surface area contributed by atoms with Crippen LogP contribution in [0.2, 0.25) is 0 Å². The summed E-state index contributed by atoms with van der Waals surface area (Å²) in [5.74, 6) is 0.136. The molecule has 1 aromatic rings. The summed E-state index contributed by atoms with van der Waals surface area (Å²) in [6.07, 6.45) is 6.05. The fraction of sp³-hybridized carbons (Fsp3) is 0.579. The predicted octanol–water partition coefficient (Wildman–Crippen LogP) is 6.15. The molecule has 0 heterocycles. The quantitative estimate of drug-likeness (QED) is 0.580. The smallest absolute Gasteiger partial charge is 0.0855 e. The third-order valence-corrected chi connectivity index (χ3v) is 4.38. The molecule has 21 heavy (non-hydrogen) atoms. The molecule has 1 nitrogen and oxygen atoms in total. The Labute approximate surface area is 135 Å². The highest BCUT2D eigenvalue weighted by atomic mass is 35.5. The molecule has 0 bridgehead atoms. The Hall–Kier alpha value is -0.790. The zero-order chi connectivity index (χ0) is 15.7. The molecule has 0 aliphatic carbocycles. The third kappa shape index (κ3) is 5.84. The number of unbranched alkanes of at least 4 members (excludes halogenated alkanes) is 2. The second-order valence-electron chi connectivity index (χ2n) is 5.89. The zero-order valence-electron chi connectivity index (χ0n) is 13.6. The van der Waals surface area contributed by atoms with Gasteiger partial charge in [0.25, 0.3) is 0 Å². The van der Waals surface area contributed by atoms with Gasteiger partial charge in [-0.15, -0.1) is 0 Å². The summed E-state index contributed by atoms with van der Waals surface area (Å²) in [6.45, 7) is 6.44. The molecule has 0 fully saturated rings. The van der Waals surface area contributed by atoms with E-state index in [1.165, 1.54) is 11.1 Å². The van der Waals surface area contributed by atoms with E-state index in [1.807, 2.05) is 12.1 Å². The van der Waals surface area contributed by atoms with Gasteiger partial charge in [0.1, 0.15) is 0 Å². The maximum absolute atomic E-state index is 10.8. The predicted molar refractivity (Wildman–Crippen MR) is 92.6 cm³/mol. The lowest BCUT2D eigenvalue weighted by Crippen LogP contribution is -2.15. The van der Waals surface area contributed by atoms with Crippen molar-refractivity contribution in [3.8, 4) is 0 Å². The number of hydrogen-bond donors (Lipinski definition) is 1. The van der Waals surface area contributed by atoms with Crippen LogP contribution < -0.4 is 0 Å². The molecule has 2 atom stereocenters. The van der Waals surface area contributed by atoms with Crippen LogP contribution in [-0.4, -0.2) is 5.11 Å². The number of halogens is 1. The lowest BCUT2D eigenvalue weighted by atomic mass is 9.83. The van der Waals surface area contributed by atoms with Gasteiger partial charge in [0.2, 0.25) is 0 Å². The largest absolute Gasteiger partial charge is 0.388 e. The number of aliphatic hydroxyl groups excluding tert-OH is 1. The second kappa shape index (κ2) is 10.0. The average Bonchev–Trinajstić information content (AvgIpc) is 2.50. The van der Waals surface area contributed by atoms with Crippen LogP contribution >= 0.6 is 11.6 Å². The molecule has 0 aliphatic heterocycles. The minimum absolute atomic E-state index is 0.136. The van der Waals surface area contributed by atoms with Gasteiger partial charge in [-0.1, -0.05) is 80.1 Å². The van der Waals surface area contributed by atoms with Crippen molar-refractivity contribution in [2.24, 2.45) is 5.92 Å². The monoisotopic (exact) mass is 308 g/mol. The van der Waals surface area contributed by atoms with Gasteiger partial charge >= 0.3 is 0 Å². The van der Waals surface area contributed by atoms with Gasteiger partial charge in [0.15, 0.2) is 0 Å². The fourth-order valence-electron chi connectivity index (χ4n) is 2.67. The number of aliphatic hydroxyl groups is 1. The molecule has 0 aromatic heterocycles. The van der Waals surface area contributed by atoms with E-state index in [0.29, 0.717) is 0 Å². The van der Waals surface area contributed by atoms with Crippen molar-refractivity contribution in [2.45, 2.75) is 65.4 Å². The highest BCUT2D eigenvalue weighted by Crippen LogP contribution is 2.35. The highest BCUT2D eigenvalue weighted by molar-refractivity contribution is 6.25. The standard InChI is InChI=1S/C19H29ClO/c1-4-6-8-17(14-20)18(9-7-5-2)19(21)16-12-10-15(3)11-13-16/h10-14,18-19,21H,4-9H2,1-3H3/b17-14-/t18-,19-/m1/s1. The van der Waals surface area contributed by atoms with Gasteiger partial charge in [-0.05, 0) is 31.7 Å². The summed E-state index contributed by atoms with van der Waals surface area (Å²) >= 11 is 6.06. The Kier molecular flexibility index (Phi) is 8.72. The first-order valence-corrected chi connectivity index (χ1v) is 8.61. The lowest BCUT2D eigenvalue weighted by Gasteiger charge is -2.26. The van der Waals surface area contributed by atoms with Crippen molar-refractivity contribution in [3.05, 3.63) is 46.5 Å². The summed E-state index contributed by atoms with van der Waals surface area (Å²) < 4.78 is 0. The van der Waals surface area contributed by atoms with Crippen molar-refractivity contribution in [1.29, 1.82) is 0 Å². The van der Waals surface area contributed by atoms with Gasteiger partial charge in [-0.2, -0.15) is 0 Å². The second-order valence-corrected chi connectivity index (χ2v) is 6.11. The Morgan fingerprint density at radius 3 is 2.29 bits per heavy atom. The topological polar surface area (TPSA) is 20.2 Å². The first-order chi connectivity index (χ1) is 10.1. The van der Waals surface area contributed by atoms with E-state index in [4.69, 9.17) is 11.6 Å². The maximum Gasteiger partial charge on any atom is 0.0855 e. The van der Waals surface area contributed by atoms with Crippen LogP contribution in [0.1, 0.15) is 69.6 Å². The minimum atomic E-state index is -0.459. The van der Waals surface area contributed by atoms with Crippen molar-refractivity contribution in [2.75, 3.05) is 0 Å². The summed E-state index contributed by atoms with van der Waals surface area (Å²) in [5, 5.41) is 10.8. The number of hydrogen-bond acceptors (Lipinski definition) is 1. The van der Waals surface area contributed by atoms with Crippen LogP contribution in [0.25, 0.3) is 0 Å². The molecule has 0 saturated heterocycles. The van der Waals surface area contributed by atoms with E-state index < -0.39 is 6.10 Å². The van der Waals surface area contributed by atoms with E-state index in [1.54, 1.807) is 5.54 Å². The van der Waals surface area contributed by atoms with E-state index in [0.717, 1.165) is 44.1 Å². The number of benzene rings is 1. The first kappa shape index (κ1) is 18.3. The summed E-state index contributed by atoms with van der Waals surface area (Å²) in [7, 11) is 0. The van der Waals surface area contributed by atoms with Crippen LogP contribution in [0.4, 0.5) is 0 Å². The van der Waals surface area contributed by atoms with Gasteiger partial charge < -0.3 is 5.11 Å². The molecule has 2 heteroatoms. The van der Waals surface area contributed by atoms with Crippen LogP contribution in [0, 0.1) is 12.8 Å². The maximum atomic E-state index is 10.8. The van der Waals surface area contributed by atoms with Crippen molar-refractivity contribution >= 4 is 11.6 Å². The van der Waals surface area contributed by atoms with Crippen LogP contribution in [0.3, 0.4) is 0 Å². The Bertz CT molecular complexity index is 422. The van der Waals surface area contributed by atoms with Crippen LogP contribution in [0.5, 0.6) is 0 Å². The van der Waals surface area contributed by atoms with E-state index in [2.05, 4.69) is 32.9 Å². The minimum Gasteiger partial charge on any atom is -0.388 e. The Morgan fingerprint density at radius 2 is 1.76 bits per heavy atom. The summed E-state index contributed by atoms with van der Waals surface area (Å²) in [4.78, 5) is 0. The van der Waals surface area contributed by atoms with Crippen molar-refractivity contribution in [3.63, 3.8) is 0 Å². The zero-order valence-corrected chi connectivity index (χ0v) is 14.4. The summed E-state index contributed by atoms with van der Waals surface area (Å²) in [5.41, 5.74) is 5.11. The van der Waals surface area contributed by atoms with E-state index >= 15 is 0 Å². The lowest BCUT2D eigenvalue weighted by molar-refractivity contribution is 0.118. The van der Waals surface area contributed by atoms with Gasteiger partial charge in [-0.25, -0.2) is 0 Å². The first-order valence-electron chi connectivity index (χ1n) is 8.17. The molecular formula is C19H29ClO. The van der Waals surface area contributed by atoms with Gasteiger partial charge in [-0.3, -0.25) is 0 Å². The van der Waals surface area contributed by atoms with Crippen LogP contribution in [0.15, 0.2) is 35.4 Å². The van der Waals surface area contributed by atoms with Crippen molar-refractivity contribution < 1.29 is 5.11 Å². The van der Waals surface area contributed by atoms with E-state index in [-0.39, 0.29) is 5.92 Å². The summed E-state index contributed by atoms with van der Waals surface area (Å²) in [6, 6.07) is 8.19.